The first kappa shape index (κ1) is 20.3. The molecule has 0 N–H and O–H groups in total. The Balaban J connectivity index is 1.59. The molecule has 30 heavy (non-hydrogen) atoms. The number of likely N-dealkylation sites (N-methyl/N-ethyl adjacent to an activating group) is 1. The molecule has 0 saturated heterocycles. The summed E-state index contributed by atoms with van der Waals surface area (Å²) in [6, 6.07) is 9.93. The normalized spacial score (nSPS) is 17.8. The van der Waals surface area contributed by atoms with E-state index in [9.17, 15) is 18.0 Å². The van der Waals surface area contributed by atoms with E-state index in [0.29, 0.717) is 29.4 Å². The molecule has 2 unspecified atom stereocenters. The molecule has 0 aliphatic carbocycles. The van der Waals surface area contributed by atoms with Crippen molar-refractivity contribution in [3.05, 3.63) is 69.4 Å². The topological polar surface area (TPSA) is 63.4 Å². The Morgan fingerprint density at radius 2 is 2.00 bits per heavy atom. The van der Waals surface area contributed by atoms with Crippen molar-refractivity contribution >= 4 is 23.5 Å². The van der Waals surface area contributed by atoms with Crippen LogP contribution < -0.4 is 0 Å². The number of aldehydes is 1. The molecule has 0 spiro atoms. The third kappa shape index (κ3) is 3.62. The number of rotatable bonds is 5. The minimum Gasteiger partial charge on any atom is -0.349 e. The molecule has 1 aliphatic rings. The van der Waals surface area contributed by atoms with E-state index in [1.807, 2.05) is 42.3 Å². The highest BCUT2D eigenvalue weighted by molar-refractivity contribution is 7.10. The molecule has 0 fully saturated rings. The van der Waals surface area contributed by atoms with E-state index in [2.05, 4.69) is 15.1 Å². The van der Waals surface area contributed by atoms with Crippen LogP contribution in [0.15, 0.2) is 46.8 Å². The van der Waals surface area contributed by atoms with Crippen molar-refractivity contribution in [3.63, 3.8) is 0 Å². The maximum atomic E-state index is 13.0. The van der Waals surface area contributed by atoms with Crippen LogP contribution in [-0.4, -0.2) is 45.4 Å². The summed E-state index contributed by atoms with van der Waals surface area (Å²) in [7, 11) is 1.92. The van der Waals surface area contributed by atoms with Gasteiger partial charge in [-0.25, -0.2) is 4.98 Å². The van der Waals surface area contributed by atoms with Crippen LogP contribution in [0.3, 0.4) is 0 Å². The van der Waals surface area contributed by atoms with Crippen molar-refractivity contribution in [1.29, 1.82) is 0 Å². The Morgan fingerprint density at radius 1 is 1.27 bits per heavy atom. The quantitative estimate of drug-likeness (QED) is 0.573. The van der Waals surface area contributed by atoms with Gasteiger partial charge in [-0.05, 0) is 18.6 Å². The summed E-state index contributed by atoms with van der Waals surface area (Å²) in [6.07, 6.45) is -4.03. The lowest BCUT2D eigenvalue weighted by atomic mass is 10.1. The number of amidine groups is 1. The zero-order chi connectivity index (χ0) is 21.5. The number of aromatic nitrogens is 3. The molecule has 3 heterocycles. The number of nitrogens with zero attached hydrogens (tertiary/aromatic N) is 5. The standard InChI is InChI=1S/C20H18F3N5OS/c1-12-8-17(20(21,22)23)26-28(12)16(10-29)19-25-14(11-30-19)18-24-9-15(27(18)2)13-6-4-3-5-7-13/h3-8,10-11,15-16H,9H2,1-2H3. The van der Waals surface area contributed by atoms with Gasteiger partial charge in [-0.15, -0.1) is 11.3 Å². The number of thiazole rings is 1. The van der Waals surface area contributed by atoms with Crippen LogP contribution in [0.25, 0.3) is 0 Å². The van der Waals surface area contributed by atoms with Gasteiger partial charge in [-0.2, -0.15) is 18.3 Å². The van der Waals surface area contributed by atoms with Gasteiger partial charge in [0.15, 0.2) is 23.9 Å². The third-order valence-corrected chi connectivity index (χ3v) is 5.92. The highest BCUT2D eigenvalue weighted by Crippen LogP contribution is 2.32. The van der Waals surface area contributed by atoms with Crippen molar-refractivity contribution in [2.24, 2.45) is 4.99 Å². The SMILES string of the molecule is Cc1cc(C(F)(F)F)nn1C(C=O)c1nc(C2=NCC(c3ccccc3)N2C)cs1. The smallest absolute Gasteiger partial charge is 0.349 e. The molecule has 0 bridgehead atoms. The largest absolute Gasteiger partial charge is 0.435 e. The van der Waals surface area contributed by atoms with Crippen molar-refractivity contribution in [3.8, 4) is 0 Å². The first-order valence-electron chi connectivity index (χ1n) is 9.16. The minimum atomic E-state index is -4.58. The summed E-state index contributed by atoms with van der Waals surface area (Å²) in [5.41, 5.74) is 0.917. The zero-order valence-corrected chi connectivity index (χ0v) is 17.0. The average molecular weight is 433 g/mol. The number of carbonyl (C=O) groups excluding carboxylic acids is 1. The van der Waals surface area contributed by atoms with E-state index in [-0.39, 0.29) is 11.7 Å². The molecule has 2 atom stereocenters. The maximum Gasteiger partial charge on any atom is 0.435 e. The summed E-state index contributed by atoms with van der Waals surface area (Å²) in [6.45, 7) is 2.06. The van der Waals surface area contributed by atoms with E-state index >= 15 is 0 Å². The number of benzene rings is 1. The van der Waals surface area contributed by atoms with Crippen LogP contribution in [0.4, 0.5) is 13.2 Å². The van der Waals surface area contributed by atoms with E-state index in [1.54, 1.807) is 5.38 Å². The fourth-order valence-corrected chi connectivity index (χ4v) is 4.31. The summed E-state index contributed by atoms with van der Waals surface area (Å²) in [5.74, 6) is 0.684. The van der Waals surface area contributed by atoms with Gasteiger partial charge in [-0.1, -0.05) is 30.3 Å². The lowest BCUT2D eigenvalue weighted by Gasteiger charge is -2.22. The summed E-state index contributed by atoms with van der Waals surface area (Å²) in [5, 5.41) is 5.71. The molecular weight excluding hydrogens is 415 g/mol. The number of aryl methyl sites for hydroxylation is 1. The lowest BCUT2D eigenvalue weighted by molar-refractivity contribution is -0.141. The van der Waals surface area contributed by atoms with Crippen LogP contribution in [-0.2, 0) is 11.0 Å². The molecule has 4 rings (SSSR count). The van der Waals surface area contributed by atoms with Crippen molar-refractivity contribution < 1.29 is 18.0 Å². The van der Waals surface area contributed by atoms with Crippen LogP contribution in [0.1, 0.15) is 39.7 Å². The van der Waals surface area contributed by atoms with E-state index < -0.39 is 17.9 Å². The summed E-state index contributed by atoms with van der Waals surface area (Å²) >= 11 is 1.20. The van der Waals surface area contributed by atoms with Gasteiger partial charge in [0.25, 0.3) is 0 Å². The molecule has 2 aromatic heterocycles. The molecule has 0 saturated carbocycles. The second-order valence-electron chi connectivity index (χ2n) is 6.97. The van der Waals surface area contributed by atoms with Crippen LogP contribution >= 0.6 is 11.3 Å². The second-order valence-corrected chi connectivity index (χ2v) is 7.86. The van der Waals surface area contributed by atoms with Crippen LogP contribution in [0, 0.1) is 6.92 Å². The molecule has 1 aliphatic heterocycles. The van der Waals surface area contributed by atoms with Gasteiger partial charge in [0.1, 0.15) is 10.7 Å². The molecule has 0 amide bonds. The maximum absolute atomic E-state index is 13.0. The monoisotopic (exact) mass is 433 g/mol. The fourth-order valence-electron chi connectivity index (χ4n) is 3.47. The van der Waals surface area contributed by atoms with E-state index in [4.69, 9.17) is 0 Å². The van der Waals surface area contributed by atoms with E-state index in [0.717, 1.165) is 16.3 Å². The molecule has 10 heteroatoms. The Morgan fingerprint density at radius 3 is 2.63 bits per heavy atom. The lowest BCUT2D eigenvalue weighted by Crippen LogP contribution is -2.27. The average Bonchev–Trinajstić information content (AvgIpc) is 3.42. The predicted molar refractivity (Wildman–Crippen MR) is 107 cm³/mol. The first-order valence-corrected chi connectivity index (χ1v) is 10.0. The number of carbonyl (C=O) groups is 1. The number of alkyl halides is 3. The van der Waals surface area contributed by atoms with Crippen LogP contribution in [0.5, 0.6) is 0 Å². The van der Waals surface area contributed by atoms with Gasteiger partial charge < -0.3 is 9.69 Å². The Kier molecular flexibility index (Phi) is 5.19. The molecule has 0 radical (unpaired) electrons. The molecule has 1 aromatic carbocycles. The Hall–Kier alpha value is -3.01. The summed E-state index contributed by atoms with van der Waals surface area (Å²) < 4.78 is 40.0. The second kappa shape index (κ2) is 7.67. The highest BCUT2D eigenvalue weighted by atomic mass is 32.1. The van der Waals surface area contributed by atoms with Crippen molar-refractivity contribution in [2.75, 3.05) is 13.6 Å². The molecular formula is C20H18F3N5OS. The minimum absolute atomic E-state index is 0.0796. The number of halogens is 3. The highest BCUT2D eigenvalue weighted by Gasteiger charge is 2.36. The van der Waals surface area contributed by atoms with Crippen molar-refractivity contribution in [1.82, 2.24) is 19.7 Å². The van der Waals surface area contributed by atoms with Gasteiger partial charge in [-0.3, -0.25) is 9.67 Å². The first-order chi connectivity index (χ1) is 14.3. The fraction of sp³-hybridized carbons (Fsp3) is 0.300. The summed E-state index contributed by atoms with van der Waals surface area (Å²) in [4.78, 5) is 22.9. The van der Waals surface area contributed by atoms with Gasteiger partial charge >= 0.3 is 6.18 Å². The number of hydrogen-bond donors (Lipinski definition) is 0. The predicted octanol–water partition coefficient (Wildman–Crippen LogP) is 3.89. The zero-order valence-electron chi connectivity index (χ0n) is 16.2. The van der Waals surface area contributed by atoms with Gasteiger partial charge in [0.05, 0.1) is 12.6 Å². The Bertz CT molecular complexity index is 1090. The van der Waals surface area contributed by atoms with Gasteiger partial charge in [0, 0.05) is 18.1 Å². The molecule has 3 aromatic rings. The van der Waals surface area contributed by atoms with Crippen LogP contribution in [0.2, 0.25) is 0 Å². The third-order valence-electron chi connectivity index (χ3n) is 5.01. The molecule has 6 nitrogen and oxygen atoms in total. The molecule has 156 valence electrons. The van der Waals surface area contributed by atoms with Gasteiger partial charge in [0.2, 0.25) is 0 Å². The Labute approximate surface area is 174 Å². The van der Waals surface area contributed by atoms with E-state index in [1.165, 1.54) is 18.3 Å². The van der Waals surface area contributed by atoms with Crippen molar-refractivity contribution in [2.45, 2.75) is 25.2 Å². The number of hydrogen-bond acceptors (Lipinski definition) is 6. The number of aliphatic imine (C=N–C) groups is 1.